The highest BCUT2D eigenvalue weighted by atomic mass is 79.9. The van der Waals surface area contributed by atoms with Crippen molar-refractivity contribution in [1.29, 1.82) is 0 Å². The summed E-state index contributed by atoms with van der Waals surface area (Å²) in [6.07, 6.45) is 0. The first-order valence-electron chi connectivity index (χ1n) is 5.21. The van der Waals surface area contributed by atoms with Crippen molar-refractivity contribution in [2.45, 2.75) is 19.9 Å². The molecule has 4 N–H and O–H groups in total. The molecule has 1 rings (SSSR count). The van der Waals surface area contributed by atoms with Crippen molar-refractivity contribution in [3.05, 3.63) is 22.7 Å². The maximum Gasteiger partial charge on any atom is 0.210 e. The number of guanidine groups is 1. The monoisotopic (exact) mass is 300 g/mol. The van der Waals surface area contributed by atoms with Crippen LogP contribution in [0.15, 0.2) is 27.7 Å². The van der Waals surface area contributed by atoms with Crippen molar-refractivity contribution < 1.29 is 4.74 Å². The van der Waals surface area contributed by atoms with E-state index in [1.54, 1.807) is 7.11 Å². The van der Waals surface area contributed by atoms with Crippen LogP contribution in [0.3, 0.4) is 0 Å². The number of rotatable bonds is 3. The van der Waals surface area contributed by atoms with Crippen LogP contribution in [0.2, 0.25) is 0 Å². The SMILES string of the molecule is COc1cc(NC(=NC(C)C)NN)ccc1Br. The summed E-state index contributed by atoms with van der Waals surface area (Å²) in [6.45, 7) is 3.95. The first-order valence-corrected chi connectivity index (χ1v) is 6.01. The summed E-state index contributed by atoms with van der Waals surface area (Å²) in [5.41, 5.74) is 3.37. The molecule has 0 aromatic heterocycles. The van der Waals surface area contributed by atoms with Crippen LogP contribution in [-0.2, 0) is 0 Å². The van der Waals surface area contributed by atoms with Gasteiger partial charge in [0.15, 0.2) is 0 Å². The van der Waals surface area contributed by atoms with Gasteiger partial charge in [-0.3, -0.25) is 5.43 Å². The molecule has 17 heavy (non-hydrogen) atoms. The highest BCUT2D eigenvalue weighted by Crippen LogP contribution is 2.27. The molecule has 0 aliphatic rings. The largest absolute Gasteiger partial charge is 0.495 e. The number of hydrazine groups is 1. The average Bonchev–Trinajstić information content (AvgIpc) is 2.30. The lowest BCUT2D eigenvalue weighted by molar-refractivity contribution is 0.412. The van der Waals surface area contributed by atoms with Gasteiger partial charge in [-0.2, -0.15) is 0 Å². The van der Waals surface area contributed by atoms with Crippen LogP contribution >= 0.6 is 15.9 Å². The van der Waals surface area contributed by atoms with Gasteiger partial charge in [-0.1, -0.05) is 0 Å². The molecule has 0 spiro atoms. The Morgan fingerprint density at radius 2 is 2.18 bits per heavy atom. The summed E-state index contributed by atoms with van der Waals surface area (Å²) in [5, 5.41) is 3.08. The molecule has 0 atom stereocenters. The zero-order valence-electron chi connectivity index (χ0n) is 10.1. The third-order valence-corrected chi connectivity index (χ3v) is 2.59. The molecule has 0 saturated heterocycles. The van der Waals surface area contributed by atoms with Crippen LogP contribution in [-0.4, -0.2) is 19.1 Å². The summed E-state index contributed by atoms with van der Waals surface area (Å²) >= 11 is 3.39. The van der Waals surface area contributed by atoms with E-state index >= 15 is 0 Å². The van der Waals surface area contributed by atoms with Crippen LogP contribution in [0.5, 0.6) is 5.75 Å². The zero-order valence-corrected chi connectivity index (χ0v) is 11.7. The maximum absolute atomic E-state index is 5.39. The van der Waals surface area contributed by atoms with E-state index in [4.69, 9.17) is 10.6 Å². The second-order valence-corrected chi connectivity index (χ2v) is 4.54. The molecule has 1 aromatic rings. The Labute approximate surface area is 110 Å². The Morgan fingerprint density at radius 1 is 1.47 bits per heavy atom. The first-order chi connectivity index (χ1) is 8.06. The van der Waals surface area contributed by atoms with Gasteiger partial charge < -0.3 is 10.1 Å². The number of anilines is 1. The normalized spacial score (nSPS) is 11.5. The summed E-state index contributed by atoms with van der Waals surface area (Å²) in [6, 6.07) is 5.81. The molecular formula is C11H17BrN4O. The number of aliphatic imine (C=N–C) groups is 1. The molecule has 0 amide bonds. The van der Waals surface area contributed by atoms with Crippen LogP contribution in [0.1, 0.15) is 13.8 Å². The van der Waals surface area contributed by atoms with Gasteiger partial charge in [0.1, 0.15) is 5.75 Å². The Morgan fingerprint density at radius 3 is 2.71 bits per heavy atom. The quantitative estimate of drug-likeness (QED) is 0.346. The second kappa shape index (κ2) is 6.46. The van der Waals surface area contributed by atoms with Gasteiger partial charge in [0.25, 0.3) is 0 Å². The Balaban J connectivity index is 2.87. The van der Waals surface area contributed by atoms with Crippen LogP contribution in [0.4, 0.5) is 5.69 Å². The molecule has 6 heteroatoms. The topological polar surface area (TPSA) is 71.7 Å². The molecule has 0 saturated carbocycles. The maximum atomic E-state index is 5.39. The molecule has 0 bridgehead atoms. The number of hydrogen-bond acceptors (Lipinski definition) is 3. The second-order valence-electron chi connectivity index (χ2n) is 3.69. The van der Waals surface area contributed by atoms with Gasteiger partial charge in [0, 0.05) is 17.8 Å². The van der Waals surface area contributed by atoms with Gasteiger partial charge in [0.05, 0.1) is 11.6 Å². The van der Waals surface area contributed by atoms with Crippen molar-refractivity contribution in [3.8, 4) is 5.75 Å². The molecule has 94 valence electrons. The van der Waals surface area contributed by atoms with E-state index in [0.29, 0.717) is 5.96 Å². The molecule has 5 nitrogen and oxygen atoms in total. The van der Waals surface area contributed by atoms with Crippen molar-refractivity contribution in [2.24, 2.45) is 10.8 Å². The molecule has 0 unspecified atom stereocenters. The molecule has 1 aromatic carbocycles. The number of methoxy groups -OCH3 is 1. The predicted molar refractivity (Wildman–Crippen MR) is 74.2 cm³/mol. The lowest BCUT2D eigenvalue weighted by Crippen LogP contribution is -2.36. The van der Waals surface area contributed by atoms with Gasteiger partial charge in [0.2, 0.25) is 5.96 Å². The minimum atomic E-state index is 0.158. The summed E-state index contributed by atoms with van der Waals surface area (Å²) < 4.78 is 6.10. The Kier molecular flexibility index (Phi) is 5.24. The van der Waals surface area contributed by atoms with Gasteiger partial charge in [-0.25, -0.2) is 10.8 Å². The first kappa shape index (κ1) is 13.8. The lowest BCUT2D eigenvalue weighted by Gasteiger charge is -2.12. The summed E-state index contributed by atoms with van der Waals surface area (Å²) in [5.74, 6) is 6.65. The highest BCUT2D eigenvalue weighted by Gasteiger charge is 2.04. The average molecular weight is 301 g/mol. The molecule has 0 fully saturated rings. The van der Waals surface area contributed by atoms with Crippen LogP contribution < -0.4 is 21.3 Å². The number of nitrogens with one attached hydrogen (secondary N) is 2. The van der Waals surface area contributed by atoms with Gasteiger partial charge in [-0.15, -0.1) is 0 Å². The third-order valence-electron chi connectivity index (χ3n) is 1.94. The van der Waals surface area contributed by atoms with E-state index in [2.05, 4.69) is 31.7 Å². The number of benzene rings is 1. The third kappa shape index (κ3) is 4.24. The molecule has 0 radical (unpaired) electrons. The number of halogens is 1. The molecule has 0 aliphatic heterocycles. The van der Waals surface area contributed by atoms with E-state index in [9.17, 15) is 0 Å². The van der Waals surface area contributed by atoms with E-state index in [-0.39, 0.29) is 6.04 Å². The summed E-state index contributed by atoms with van der Waals surface area (Å²) in [4.78, 5) is 4.29. The number of ether oxygens (including phenoxy) is 1. The Hall–Kier alpha value is -1.27. The molecule has 0 heterocycles. The van der Waals surface area contributed by atoms with E-state index in [0.717, 1.165) is 15.9 Å². The minimum Gasteiger partial charge on any atom is -0.495 e. The minimum absolute atomic E-state index is 0.158. The fraction of sp³-hybridized carbons (Fsp3) is 0.364. The zero-order chi connectivity index (χ0) is 12.8. The lowest BCUT2D eigenvalue weighted by atomic mass is 10.3. The smallest absolute Gasteiger partial charge is 0.210 e. The van der Waals surface area contributed by atoms with E-state index in [1.165, 1.54) is 0 Å². The fourth-order valence-electron chi connectivity index (χ4n) is 1.24. The summed E-state index contributed by atoms with van der Waals surface area (Å²) in [7, 11) is 1.62. The standard InChI is InChI=1S/C11H17BrN4O/c1-7(2)14-11(16-13)15-8-4-5-9(12)10(6-8)17-3/h4-7H,13H2,1-3H3,(H2,14,15,16). The molecular weight excluding hydrogens is 284 g/mol. The van der Waals surface area contributed by atoms with Crippen LogP contribution in [0.25, 0.3) is 0 Å². The van der Waals surface area contributed by atoms with Crippen molar-refractivity contribution in [3.63, 3.8) is 0 Å². The van der Waals surface area contributed by atoms with Crippen molar-refractivity contribution >= 4 is 27.6 Å². The Bertz CT molecular complexity index is 406. The number of nitrogens with zero attached hydrogens (tertiary/aromatic N) is 1. The fourth-order valence-corrected chi connectivity index (χ4v) is 1.65. The van der Waals surface area contributed by atoms with Crippen molar-refractivity contribution in [2.75, 3.05) is 12.4 Å². The van der Waals surface area contributed by atoms with Crippen LogP contribution in [0, 0.1) is 0 Å². The molecule has 0 aliphatic carbocycles. The van der Waals surface area contributed by atoms with Gasteiger partial charge in [-0.05, 0) is 41.9 Å². The predicted octanol–water partition coefficient (Wildman–Crippen LogP) is 2.10. The highest BCUT2D eigenvalue weighted by molar-refractivity contribution is 9.10. The number of nitrogens with two attached hydrogens (primary N) is 1. The van der Waals surface area contributed by atoms with E-state index in [1.807, 2.05) is 32.0 Å². The number of hydrogen-bond donors (Lipinski definition) is 3. The van der Waals surface area contributed by atoms with Crippen molar-refractivity contribution in [1.82, 2.24) is 5.43 Å². The van der Waals surface area contributed by atoms with Gasteiger partial charge >= 0.3 is 0 Å². The van der Waals surface area contributed by atoms with E-state index < -0.39 is 0 Å².